The van der Waals surface area contributed by atoms with E-state index in [0.717, 1.165) is 24.3 Å². The zero-order valence-electron chi connectivity index (χ0n) is 6.29. The van der Waals surface area contributed by atoms with E-state index >= 15 is 0 Å². The minimum Gasteiger partial charge on any atom is -0.330 e. The number of nitrogens with two attached hydrogens (primary N) is 1. The molecule has 2 unspecified atom stereocenters. The van der Waals surface area contributed by atoms with Crippen LogP contribution < -0.4 is 5.73 Å². The van der Waals surface area contributed by atoms with Crippen molar-refractivity contribution in [3.63, 3.8) is 0 Å². The van der Waals surface area contributed by atoms with Crippen molar-refractivity contribution in [2.75, 3.05) is 6.54 Å². The van der Waals surface area contributed by atoms with Crippen LogP contribution in [-0.4, -0.2) is 6.54 Å². The second-order valence-corrected chi connectivity index (χ2v) is 3.62. The molecule has 0 radical (unpaired) electrons. The summed E-state index contributed by atoms with van der Waals surface area (Å²) < 4.78 is 0. The summed E-state index contributed by atoms with van der Waals surface area (Å²) in [6, 6.07) is 0. The smallest absolute Gasteiger partial charge is 0.00744 e. The summed E-state index contributed by atoms with van der Waals surface area (Å²) in [6.45, 7) is 0.877. The predicted molar refractivity (Wildman–Crippen MR) is 42.5 cm³/mol. The van der Waals surface area contributed by atoms with Crippen molar-refractivity contribution in [3.8, 4) is 0 Å². The molecule has 10 heavy (non-hydrogen) atoms. The highest BCUT2D eigenvalue weighted by molar-refractivity contribution is 5.09. The van der Waals surface area contributed by atoms with Crippen LogP contribution in [-0.2, 0) is 0 Å². The summed E-state index contributed by atoms with van der Waals surface area (Å²) in [6.07, 6.45) is 8.86. The van der Waals surface area contributed by atoms with Crippen molar-refractivity contribution >= 4 is 0 Å². The third-order valence-electron chi connectivity index (χ3n) is 2.95. The van der Waals surface area contributed by atoms with E-state index in [9.17, 15) is 0 Å². The summed E-state index contributed by atoms with van der Waals surface area (Å²) in [5.41, 5.74) is 5.52. The van der Waals surface area contributed by atoms with E-state index in [2.05, 4.69) is 12.2 Å². The third-order valence-corrected chi connectivity index (χ3v) is 2.95. The van der Waals surface area contributed by atoms with Crippen LogP contribution in [0.25, 0.3) is 0 Å². The minimum atomic E-state index is 0.877. The second kappa shape index (κ2) is 2.39. The Morgan fingerprint density at radius 2 is 2.20 bits per heavy atom. The normalized spacial score (nSPS) is 43.1. The van der Waals surface area contributed by atoms with Crippen molar-refractivity contribution in [2.45, 2.75) is 19.3 Å². The molecular formula is C9H15N. The van der Waals surface area contributed by atoms with E-state index in [0.29, 0.717) is 0 Å². The summed E-state index contributed by atoms with van der Waals surface area (Å²) in [5, 5.41) is 0. The van der Waals surface area contributed by atoms with Gasteiger partial charge < -0.3 is 5.73 Å². The Labute approximate surface area is 62.3 Å². The molecule has 3 atom stereocenters. The van der Waals surface area contributed by atoms with Crippen LogP contribution in [0.3, 0.4) is 0 Å². The van der Waals surface area contributed by atoms with Gasteiger partial charge in [-0.2, -0.15) is 0 Å². The van der Waals surface area contributed by atoms with Gasteiger partial charge in [-0.25, -0.2) is 0 Å². The van der Waals surface area contributed by atoms with Gasteiger partial charge in [0.05, 0.1) is 0 Å². The molecule has 2 aliphatic carbocycles. The zero-order chi connectivity index (χ0) is 6.97. The molecule has 0 saturated heterocycles. The molecule has 0 aliphatic heterocycles. The first-order valence-electron chi connectivity index (χ1n) is 4.28. The maximum Gasteiger partial charge on any atom is -0.00744 e. The van der Waals surface area contributed by atoms with Crippen LogP contribution >= 0.6 is 0 Å². The SMILES string of the molecule is NCC[C@H]1CC2C=CC1C2. The number of hydrogen-bond donors (Lipinski definition) is 1. The van der Waals surface area contributed by atoms with Crippen LogP contribution in [0.2, 0.25) is 0 Å². The Hall–Kier alpha value is -0.300. The maximum atomic E-state index is 5.52. The Bertz CT molecular complexity index is 151. The molecule has 1 nitrogen and oxygen atoms in total. The zero-order valence-corrected chi connectivity index (χ0v) is 6.29. The van der Waals surface area contributed by atoms with E-state index in [1.165, 1.54) is 19.3 Å². The van der Waals surface area contributed by atoms with Gasteiger partial charge in [0.1, 0.15) is 0 Å². The molecule has 1 saturated carbocycles. The molecule has 2 rings (SSSR count). The van der Waals surface area contributed by atoms with Crippen LogP contribution in [0.1, 0.15) is 19.3 Å². The molecule has 1 heteroatoms. The molecule has 2 bridgehead atoms. The standard InChI is InChI=1S/C9H15N/c10-4-3-9-6-7-1-2-8(9)5-7/h1-2,7-9H,3-6,10H2/t7?,8?,9-/m0/s1. The molecule has 1 fully saturated rings. The lowest BCUT2D eigenvalue weighted by Gasteiger charge is -2.15. The van der Waals surface area contributed by atoms with E-state index < -0.39 is 0 Å². The van der Waals surface area contributed by atoms with E-state index in [1.54, 1.807) is 0 Å². The molecule has 0 aromatic heterocycles. The molecule has 2 N–H and O–H groups in total. The highest BCUT2D eigenvalue weighted by Crippen LogP contribution is 2.44. The van der Waals surface area contributed by atoms with Gasteiger partial charge in [0.25, 0.3) is 0 Å². The molecule has 0 heterocycles. The van der Waals surface area contributed by atoms with Crippen LogP contribution in [0.15, 0.2) is 12.2 Å². The quantitative estimate of drug-likeness (QED) is 0.574. The van der Waals surface area contributed by atoms with Gasteiger partial charge in [-0.05, 0) is 43.6 Å². The van der Waals surface area contributed by atoms with E-state index in [1.807, 2.05) is 0 Å². The minimum absolute atomic E-state index is 0.877. The molecule has 0 amide bonds. The first kappa shape index (κ1) is 6.41. The van der Waals surface area contributed by atoms with Gasteiger partial charge in [-0.15, -0.1) is 0 Å². The fraction of sp³-hybridized carbons (Fsp3) is 0.778. The molecule has 0 aromatic carbocycles. The van der Waals surface area contributed by atoms with Crippen molar-refractivity contribution < 1.29 is 0 Å². The predicted octanol–water partition coefficient (Wildman–Crippen LogP) is 1.55. The van der Waals surface area contributed by atoms with Gasteiger partial charge in [0.15, 0.2) is 0 Å². The highest BCUT2D eigenvalue weighted by Gasteiger charge is 2.34. The Balaban J connectivity index is 1.96. The van der Waals surface area contributed by atoms with Gasteiger partial charge in [0, 0.05) is 0 Å². The van der Waals surface area contributed by atoms with E-state index in [4.69, 9.17) is 5.73 Å². The van der Waals surface area contributed by atoms with Gasteiger partial charge in [-0.3, -0.25) is 0 Å². The van der Waals surface area contributed by atoms with Gasteiger partial charge in [-0.1, -0.05) is 12.2 Å². The van der Waals surface area contributed by atoms with E-state index in [-0.39, 0.29) is 0 Å². The fourth-order valence-electron chi connectivity index (χ4n) is 2.44. The highest BCUT2D eigenvalue weighted by atomic mass is 14.5. The molecule has 0 spiro atoms. The first-order chi connectivity index (χ1) is 4.90. The maximum absolute atomic E-state index is 5.52. The van der Waals surface area contributed by atoms with Crippen LogP contribution in [0, 0.1) is 17.8 Å². The number of hydrogen-bond acceptors (Lipinski definition) is 1. The average Bonchev–Trinajstić information content (AvgIpc) is 2.48. The molecule has 2 aliphatic rings. The van der Waals surface area contributed by atoms with Crippen LogP contribution in [0.5, 0.6) is 0 Å². The Kier molecular flexibility index (Phi) is 1.53. The summed E-state index contributed by atoms with van der Waals surface area (Å²) >= 11 is 0. The lowest BCUT2D eigenvalue weighted by molar-refractivity contribution is 0.422. The summed E-state index contributed by atoms with van der Waals surface area (Å²) in [5.74, 6) is 2.75. The van der Waals surface area contributed by atoms with Crippen molar-refractivity contribution in [1.29, 1.82) is 0 Å². The topological polar surface area (TPSA) is 26.0 Å². The van der Waals surface area contributed by atoms with Crippen molar-refractivity contribution in [2.24, 2.45) is 23.5 Å². The molecular weight excluding hydrogens is 122 g/mol. The van der Waals surface area contributed by atoms with Crippen molar-refractivity contribution in [1.82, 2.24) is 0 Å². The number of fused-ring (bicyclic) bond motifs is 2. The fourth-order valence-corrected chi connectivity index (χ4v) is 2.44. The Morgan fingerprint density at radius 3 is 2.70 bits per heavy atom. The number of rotatable bonds is 2. The van der Waals surface area contributed by atoms with Gasteiger partial charge in [0.2, 0.25) is 0 Å². The molecule has 0 aromatic rings. The average molecular weight is 137 g/mol. The summed E-state index contributed by atoms with van der Waals surface area (Å²) in [7, 11) is 0. The van der Waals surface area contributed by atoms with Crippen LogP contribution in [0.4, 0.5) is 0 Å². The lowest BCUT2D eigenvalue weighted by atomic mass is 9.91. The number of allylic oxidation sites excluding steroid dienone is 2. The third kappa shape index (κ3) is 0.891. The first-order valence-corrected chi connectivity index (χ1v) is 4.28. The second-order valence-electron chi connectivity index (χ2n) is 3.62. The largest absolute Gasteiger partial charge is 0.330 e. The van der Waals surface area contributed by atoms with Crippen molar-refractivity contribution in [3.05, 3.63) is 12.2 Å². The summed E-state index contributed by atoms with van der Waals surface area (Å²) in [4.78, 5) is 0. The molecule has 56 valence electrons. The van der Waals surface area contributed by atoms with Gasteiger partial charge >= 0.3 is 0 Å². The Morgan fingerprint density at radius 1 is 1.30 bits per heavy atom. The lowest BCUT2D eigenvalue weighted by Crippen LogP contribution is -2.12. The monoisotopic (exact) mass is 137 g/mol.